The summed E-state index contributed by atoms with van der Waals surface area (Å²) in [6.45, 7) is 10.2. The van der Waals surface area contributed by atoms with Gasteiger partial charge in [-0.05, 0) is 32.6 Å². The maximum absolute atomic E-state index is 5.94. The molecule has 19 heavy (non-hydrogen) atoms. The summed E-state index contributed by atoms with van der Waals surface area (Å²) >= 11 is 0. The summed E-state index contributed by atoms with van der Waals surface area (Å²) in [4.78, 5) is 8.41. The lowest BCUT2D eigenvalue weighted by atomic mass is 10.0. The number of aromatic nitrogens is 2. The minimum Gasteiger partial charge on any atom is -0.370 e. The molecule has 0 bridgehead atoms. The van der Waals surface area contributed by atoms with E-state index < -0.39 is 0 Å². The van der Waals surface area contributed by atoms with Crippen molar-refractivity contribution in [2.75, 3.05) is 23.7 Å². The maximum atomic E-state index is 5.94. The predicted molar refractivity (Wildman–Crippen MR) is 81.3 cm³/mol. The molecule has 0 atom stereocenters. The Morgan fingerprint density at radius 2 is 1.74 bits per heavy atom. The van der Waals surface area contributed by atoms with Gasteiger partial charge < -0.3 is 16.4 Å². The topological polar surface area (TPSA) is 75.9 Å². The standard InChI is InChI=1S/C14H27N5/c1-11(2)5-7-16-12-9-13(19-10-18-12)17-8-6-14(3,4)15/h9-11H,5-8,15H2,1-4H3,(H2,16,17,18,19). The number of nitrogens with two attached hydrogens (primary N) is 1. The van der Waals surface area contributed by atoms with Crippen LogP contribution in [-0.4, -0.2) is 28.6 Å². The van der Waals surface area contributed by atoms with Gasteiger partial charge in [-0.3, -0.25) is 0 Å². The number of anilines is 2. The van der Waals surface area contributed by atoms with E-state index in [1.807, 2.05) is 19.9 Å². The van der Waals surface area contributed by atoms with Gasteiger partial charge >= 0.3 is 0 Å². The molecular formula is C14H27N5. The van der Waals surface area contributed by atoms with Crippen LogP contribution in [0, 0.1) is 5.92 Å². The third-order valence-corrected chi connectivity index (χ3v) is 2.77. The summed E-state index contributed by atoms with van der Waals surface area (Å²) in [7, 11) is 0. The first kappa shape index (κ1) is 15.7. The predicted octanol–water partition coefficient (Wildman–Crippen LogP) is 2.47. The third-order valence-electron chi connectivity index (χ3n) is 2.77. The van der Waals surface area contributed by atoms with Crippen molar-refractivity contribution in [3.8, 4) is 0 Å². The van der Waals surface area contributed by atoms with Crippen LogP contribution in [0.1, 0.15) is 40.5 Å². The van der Waals surface area contributed by atoms with Crippen molar-refractivity contribution in [2.45, 2.75) is 46.1 Å². The molecule has 0 amide bonds. The van der Waals surface area contributed by atoms with E-state index in [-0.39, 0.29) is 5.54 Å². The van der Waals surface area contributed by atoms with Gasteiger partial charge in [-0.15, -0.1) is 0 Å². The van der Waals surface area contributed by atoms with Gasteiger partial charge in [-0.25, -0.2) is 9.97 Å². The Hall–Kier alpha value is -1.36. The molecule has 0 aliphatic heterocycles. The zero-order chi connectivity index (χ0) is 14.3. The summed E-state index contributed by atoms with van der Waals surface area (Å²) in [5, 5.41) is 6.58. The van der Waals surface area contributed by atoms with Crippen LogP contribution in [0.5, 0.6) is 0 Å². The highest BCUT2D eigenvalue weighted by molar-refractivity contribution is 5.46. The van der Waals surface area contributed by atoms with E-state index in [0.29, 0.717) is 5.92 Å². The van der Waals surface area contributed by atoms with Crippen LogP contribution in [0.25, 0.3) is 0 Å². The summed E-state index contributed by atoms with van der Waals surface area (Å²) in [5.74, 6) is 2.40. The van der Waals surface area contributed by atoms with Gasteiger partial charge in [-0.1, -0.05) is 13.8 Å². The van der Waals surface area contributed by atoms with Gasteiger partial charge in [0.2, 0.25) is 0 Å². The average Bonchev–Trinajstić information content (AvgIpc) is 2.27. The van der Waals surface area contributed by atoms with E-state index in [0.717, 1.165) is 37.6 Å². The fourth-order valence-corrected chi connectivity index (χ4v) is 1.55. The Bertz CT molecular complexity index is 370. The second-order valence-electron chi connectivity index (χ2n) is 6.06. The van der Waals surface area contributed by atoms with Crippen molar-refractivity contribution < 1.29 is 0 Å². The molecule has 1 aromatic heterocycles. The number of hydrogen-bond donors (Lipinski definition) is 3. The minimum atomic E-state index is -0.154. The first-order valence-electron chi connectivity index (χ1n) is 6.95. The summed E-state index contributed by atoms with van der Waals surface area (Å²) in [6, 6.07) is 1.93. The lowest BCUT2D eigenvalue weighted by Gasteiger charge is -2.18. The van der Waals surface area contributed by atoms with Crippen molar-refractivity contribution in [2.24, 2.45) is 11.7 Å². The maximum Gasteiger partial charge on any atom is 0.131 e. The highest BCUT2D eigenvalue weighted by Crippen LogP contribution is 2.10. The van der Waals surface area contributed by atoms with Gasteiger partial charge in [-0.2, -0.15) is 0 Å². The molecule has 4 N–H and O–H groups in total. The van der Waals surface area contributed by atoms with E-state index in [9.17, 15) is 0 Å². The Labute approximate surface area is 116 Å². The van der Waals surface area contributed by atoms with E-state index in [1.54, 1.807) is 6.33 Å². The molecule has 0 aliphatic carbocycles. The van der Waals surface area contributed by atoms with Gasteiger partial charge in [0.1, 0.15) is 18.0 Å². The zero-order valence-electron chi connectivity index (χ0n) is 12.5. The van der Waals surface area contributed by atoms with Crippen molar-refractivity contribution in [1.29, 1.82) is 0 Å². The van der Waals surface area contributed by atoms with Crippen molar-refractivity contribution in [1.82, 2.24) is 9.97 Å². The SMILES string of the molecule is CC(C)CCNc1cc(NCCC(C)(C)N)ncn1. The number of hydrogen-bond acceptors (Lipinski definition) is 5. The van der Waals surface area contributed by atoms with Crippen LogP contribution in [0.15, 0.2) is 12.4 Å². The van der Waals surface area contributed by atoms with Crippen LogP contribution in [-0.2, 0) is 0 Å². The Morgan fingerprint density at radius 3 is 2.26 bits per heavy atom. The number of nitrogens with one attached hydrogen (secondary N) is 2. The van der Waals surface area contributed by atoms with Gasteiger partial charge in [0.05, 0.1) is 0 Å². The normalized spacial score (nSPS) is 11.7. The minimum absolute atomic E-state index is 0.154. The Kier molecular flexibility index (Phi) is 6.02. The molecule has 0 fully saturated rings. The monoisotopic (exact) mass is 265 g/mol. The van der Waals surface area contributed by atoms with Crippen LogP contribution in [0.2, 0.25) is 0 Å². The molecule has 5 nitrogen and oxygen atoms in total. The highest BCUT2D eigenvalue weighted by atomic mass is 15.1. The highest BCUT2D eigenvalue weighted by Gasteiger charge is 2.09. The molecule has 108 valence electrons. The lowest BCUT2D eigenvalue weighted by Crippen LogP contribution is -2.34. The summed E-state index contributed by atoms with van der Waals surface area (Å²) in [6.07, 6.45) is 3.61. The van der Waals surface area contributed by atoms with Gasteiger partial charge in [0, 0.05) is 24.7 Å². The quantitative estimate of drug-likeness (QED) is 0.673. The van der Waals surface area contributed by atoms with Gasteiger partial charge in [0.25, 0.3) is 0 Å². The smallest absolute Gasteiger partial charge is 0.131 e. The molecule has 0 aromatic carbocycles. The molecule has 5 heteroatoms. The van der Waals surface area contributed by atoms with Crippen LogP contribution < -0.4 is 16.4 Å². The van der Waals surface area contributed by atoms with E-state index in [2.05, 4.69) is 34.4 Å². The molecule has 0 saturated carbocycles. The molecule has 0 spiro atoms. The van der Waals surface area contributed by atoms with Crippen molar-refractivity contribution in [3.63, 3.8) is 0 Å². The Morgan fingerprint density at radius 1 is 1.16 bits per heavy atom. The van der Waals surface area contributed by atoms with Crippen LogP contribution in [0.4, 0.5) is 11.6 Å². The molecule has 1 aromatic rings. The van der Waals surface area contributed by atoms with E-state index in [4.69, 9.17) is 5.73 Å². The fraction of sp³-hybridized carbons (Fsp3) is 0.714. The fourth-order valence-electron chi connectivity index (χ4n) is 1.55. The Balaban J connectivity index is 2.39. The first-order chi connectivity index (χ1) is 8.87. The van der Waals surface area contributed by atoms with Crippen LogP contribution in [0.3, 0.4) is 0 Å². The first-order valence-corrected chi connectivity index (χ1v) is 6.95. The molecule has 1 rings (SSSR count). The second-order valence-corrected chi connectivity index (χ2v) is 6.06. The largest absolute Gasteiger partial charge is 0.370 e. The third kappa shape index (κ3) is 7.62. The average molecular weight is 265 g/mol. The summed E-state index contributed by atoms with van der Waals surface area (Å²) in [5.41, 5.74) is 5.78. The van der Waals surface area contributed by atoms with Crippen LogP contribution >= 0.6 is 0 Å². The molecule has 0 unspecified atom stereocenters. The number of nitrogens with zero attached hydrogens (tertiary/aromatic N) is 2. The van der Waals surface area contributed by atoms with E-state index in [1.165, 1.54) is 0 Å². The number of rotatable bonds is 8. The second kappa shape index (κ2) is 7.28. The molecule has 0 aliphatic rings. The van der Waals surface area contributed by atoms with Crippen molar-refractivity contribution in [3.05, 3.63) is 12.4 Å². The lowest BCUT2D eigenvalue weighted by molar-refractivity contribution is 0.490. The molecule has 0 saturated heterocycles. The summed E-state index contributed by atoms with van der Waals surface area (Å²) < 4.78 is 0. The van der Waals surface area contributed by atoms with Gasteiger partial charge in [0.15, 0.2) is 0 Å². The van der Waals surface area contributed by atoms with Crippen molar-refractivity contribution >= 4 is 11.6 Å². The van der Waals surface area contributed by atoms with E-state index >= 15 is 0 Å². The molecule has 1 heterocycles. The molecular weight excluding hydrogens is 238 g/mol. The zero-order valence-corrected chi connectivity index (χ0v) is 12.5. The molecule has 0 radical (unpaired) electrons.